The molecule has 1 aliphatic heterocycles. The Bertz CT molecular complexity index is 439. The minimum absolute atomic E-state index is 0. The average Bonchev–Trinajstić information content (AvgIpc) is 2.53. The quantitative estimate of drug-likeness (QED) is 0.743. The van der Waals surface area contributed by atoms with Gasteiger partial charge in [0, 0.05) is 19.6 Å². The summed E-state index contributed by atoms with van der Waals surface area (Å²) in [7, 11) is 0. The highest BCUT2D eigenvalue weighted by atomic mass is 35.5. The summed E-state index contributed by atoms with van der Waals surface area (Å²) in [5.74, 6) is 0.313. The second-order valence-corrected chi connectivity index (χ2v) is 4.86. The third-order valence-corrected chi connectivity index (χ3v) is 3.17. The van der Waals surface area contributed by atoms with Crippen molar-refractivity contribution in [2.45, 2.75) is 18.9 Å². The van der Waals surface area contributed by atoms with Crippen LogP contribution in [0, 0.1) is 5.82 Å². The highest BCUT2D eigenvalue weighted by Gasteiger charge is 2.20. The number of ether oxygens (including phenoxy) is 2. The standard InChI is InChI=1S/C15H21FN2O3.ClH/c16-12-3-5-13(6-4-12)20-9-2-1-7-18-15(19)14-11-17-8-10-21-14;/h3-6,14,17H,1-2,7-11H2,(H,18,19);1H. The van der Waals surface area contributed by atoms with Gasteiger partial charge in [-0.1, -0.05) is 0 Å². The number of hydrogen-bond acceptors (Lipinski definition) is 4. The third kappa shape index (κ3) is 6.60. The van der Waals surface area contributed by atoms with E-state index in [4.69, 9.17) is 9.47 Å². The maximum atomic E-state index is 12.7. The molecule has 1 fully saturated rings. The van der Waals surface area contributed by atoms with Gasteiger partial charge < -0.3 is 20.1 Å². The number of rotatable bonds is 7. The summed E-state index contributed by atoms with van der Waals surface area (Å²) in [6.07, 6.45) is 1.27. The van der Waals surface area contributed by atoms with Gasteiger partial charge in [0.2, 0.25) is 5.91 Å². The van der Waals surface area contributed by atoms with E-state index in [9.17, 15) is 9.18 Å². The zero-order chi connectivity index (χ0) is 14.9. The van der Waals surface area contributed by atoms with Gasteiger partial charge in [-0.15, -0.1) is 12.4 Å². The molecule has 1 saturated heterocycles. The van der Waals surface area contributed by atoms with E-state index in [1.165, 1.54) is 12.1 Å². The third-order valence-electron chi connectivity index (χ3n) is 3.17. The van der Waals surface area contributed by atoms with Crippen molar-refractivity contribution in [3.05, 3.63) is 30.1 Å². The van der Waals surface area contributed by atoms with Crippen LogP contribution in [0.3, 0.4) is 0 Å². The van der Waals surface area contributed by atoms with Gasteiger partial charge in [-0.25, -0.2) is 4.39 Å². The van der Waals surface area contributed by atoms with E-state index in [1.807, 2.05) is 0 Å². The van der Waals surface area contributed by atoms with Crippen LogP contribution < -0.4 is 15.4 Å². The van der Waals surface area contributed by atoms with Crippen LogP contribution >= 0.6 is 12.4 Å². The van der Waals surface area contributed by atoms with Gasteiger partial charge in [0.1, 0.15) is 17.7 Å². The van der Waals surface area contributed by atoms with Gasteiger partial charge in [0.25, 0.3) is 0 Å². The zero-order valence-electron chi connectivity index (χ0n) is 12.3. The Balaban J connectivity index is 0.00000242. The molecule has 124 valence electrons. The lowest BCUT2D eigenvalue weighted by Gasteiger charge is -2.22. The molecular formula is C15H22ClFN2O3. The Kier molecular flexibility index (Phi) is 8.81. The van der Waals surface area contributed by atoms with Crippen LogP contribution in [0.4, 0.5) is 4.39 Å². The molecular weight excluding hydrogens is 311 g/mol. The molecule has 1 atom stereocenters. The molecule has 2 N–H and O–H groups in total. The number of morpholine rings is 1. The molecule has 1 heterocycles. The van der Waals surface area contributed by atoms with Crippen LogP contribution in [-0.2, 0) is 9.53 Å². The normalized spacial score (nSPS) is 17.4. The van der Waals surface area contributed by atoms with Crippen LogP contribution in [0.5, 0.6) is 5.75 Å². The highest BCUT2D eigenvalue weighted by molar-refractivity contribution is 5.85. The molecule has 2 rings (SSSR count). The van der Waals surface area contributed by atoms with Crippen molar-refractivity contribution in [2.75, 3.05) is 32.8 Å². The Morgan fingerprint density at radius 3 is 2.82 bits per heavy atom. The molecule has 0 saturated carbocycles. The number of amides is 1. The summed E-state index contributed by atoms with van der Waals surface area (Å²) in [4.78, 5) is 11.7. The zero-order valence-corrected chi connectivity index (χ0v) is 13.2. The lowest BCUT2D eigenvalue weighted by Crippen LogP contribution is -2.48. The molecule has 0 aliphatic carbocycles. The smallest absolute Gasteiger partial charge is 0.250 e. The monoisotopic (exact) mass is 332 g/mol. The molecule has 0 aromatic heterocycles. The largest absolute Gasteiger partial charge is 0.494 e. The minimum Gasteiger partial charge on any atom is -0.494 e. The summed E-state index contributed by atoms with van der Waals surface area (Å²) in [6.45, 7) is 3.09. The fraction of sp³-hybridized carbons (Fsp3) is 0.533. The van der Waals surface area contributed by atoms with E-state index >= 15 is 0 Å². The fourth-order valence-corrected chi connectivity index (χ4v) is 2.01. The van der Waals surface area contributed by atoms with E-state index in [0.29, 0.717) is 32.1 Å². The maximum absolute atomic E-state index is 12.7. The maximum Gasteiger partial charge on any atom is 0.250 e. The SMILES string of the molecule is Cl.O=C(NCCCCOc1ccc(F)cc1)C1CNCCO1. The summed E-state index contributed by atoms with van der Waals surface area (Å²) >= 11 is 0. The minimum atomic E-state index is -0.380. The van der Waals surface area contributed by atoms with Gasteiger partial charge in [-0.05, 0) is 37.1 Å². The molecule has 1 aliphatic rings. The number of unbranched alkanes of at least 4 members (excludes halogenated alkanes) is 1. The number of nitrogens with one attached hydrogen (secondary N) is 2. The van der Waals surface area contributed by atoms with Crippen LogP contribution in [0.15, 0.2) is 24.3 Å². The van der Waals surface area contributed by atoms with Crippen molar-refractivity contribution < 1.29 is 18.7 Å². The Morgan fingerprint density at radius 1 is 1.36 bits per heavy atom. The summed E-state index contributed by atoms with van der Waals surface area (Å²) < 4.78 is 23.5. The number of carbonyl (C=O) groups excluding carboxylic acids is 1. The van der Waals surface area contributed by atoms with Gasteiger partial charge >= 0.3 is 0 Å². The molecule has 0 spiro atoms. The van der Waals surface area contributed by atoms with Gasteiger partial charge in [0.05, 0.1) is 13.2 Å². The molecule has 22 heavy (non-hydrogen) atoms. The van der Waals surface area contributed by atoms with Crippen LogP contribution in [-0.4, -0.2) is 44.9 Å². The molecule has 1 aromatic rings. The van der Waals surface area contributed by atoms with Crippen molar-refractivity contribution in [1.29, 1.82) is 0 Å². The predicted molar refractivity (Wildman–Crippen MR) is 84.0 cm³/mol. The fourth-order valence-electron chi connectivity index (χ4n) is 2.01. The van der Waals surface area contributed by atoms with Gasteiger partial charge in [0.15, 0.2) is 0 Å². The Morgan fingerprint density at radius 2 is 2.14 bits per heavy atom. The molecule has 1 amide bonds. The highest BCUT2D eigenvalue weighted by Crippen LogP contribution is 2.11. The number of benzene rings is 1. The summed E-state index contributed by atoms with van der Waals surface area (Å²) in [6, 6.07) is 5.94. The number of hydrogen-bond donors (Lipinski definition) is 2. The first-order chi connectivity index (χ1) is 10.3. The van der Waals surface area contributed by atoms with Crippen molar-refractivity contribution in [1.82, 2.24) is 10.6 Å². The van der Waals surface area contributed by atoms with E-state index < -0.39 is 0 Å². The van der Waals surface area contributed by atoms with Crippen molar-refractivity contribution in [3.8, 4) is 5.75 Å². The number of carbonyl (C=O) groups is 1. The van der Waals surface area contributed by atoms with E-state index in [2.05, 4.69) is 10.6 Å². The first-order valence-electron chi connectivity index (χ1n) is 7.24. The van der Waals surface area contributed by atoms with E-state index in [-0.39, 0.29) is 30.2 Å². The molecule has 7 heteroatoms. The van der Waals surface area contributed by atoms with Crippen LogP contribution in [0.1, 0.15) is 12.8 Å². The van der Waals surface area contributed by atoms with E-state index in [0.717, 1.165) is 19.4 Å². The number of halogens is 2. The second kappa shape index (κ2) is 10.4. The van der Waals surface area contributed by atoms with Gasteiger partial charge in [-0.2, -0.15) is 0 Å². The Labute approximate surface area is 136 Å². The second-order valence-electron chi connectivity index (χ2n) is 4.86. The first kappa shape index (κ1) is 18.7. The molecule has 0 radical (unpaired) electrons. The van der Waals surface area contributed by atoms with Gasteiger partial charge in [-0.3, -0.25) is 4.79 Å². The van der Waals surface area contributed by atoms with Crippen molar-refractivity contribution >= 4 is 18.3 Å². The summed E-state index contributed by atoms with van der Waals surface area (Å²) in [5.41, 5.74) is 0. The van der Waals surface area contributed by atoms with Crippen molar-refractivity contribution in [2.24, 2.45) is 0 Å². The molecule has 1 unspecified atom stereocenters. The summed E-state index contributed by atoms with van der Waals surface area (Å²) in [5, 5.41) is 5.97. The lowest BCUT2D eigenvalue weighted by molar-refractivity contribution is -0.134. The lowest BCUT2D eigenvalue weighted by atomic mass is 10.2. The van der Waals surface area contributed by atoms with Crippen molar-refractivity contribution in [3.63, 3.8) is 0 Å². The average molecular weight is 333 g/mol. The van der Waals surface area contributed by atoms with Crippen LogP contribution in [0.25, 0.3) is 0 Å². The molecule has 0 bridgehead atoms. The van der Waals surface area contributed by atoms with E-state index in [1.54, 1.807) is 12.1 Å². The topological polar surface area (TPSA) is 59.6 Å². The first-order valence-corrected chi connectivity index (χ1v) is 7.24. The molecule has 1 aromatic carbocycles. The Hall–Kier alpha value is -1.37. The molecule has 5 nitrogen and oxygen atoms in total. The predicted octanol–water partition coefficient (Wildman–Crippen LogP) is 1.51. The van der Waals surface area contributed by atoms with Crippen LogP contribution in [0.2, 0.25) is 0 Å².